The molecule has 2 aromatic rings. The van der Waals surface area contributed by atoms with Crippen LogP contribution in [0.15, 0.2) is 41.5 Å². The van der Waals surface area contributed by atoms with Crippen LogP contribution in [0.25, 0.3) is 0 Å². The third-order valence-electron chi connectivity index (χ3n) is 4.21. The van der Waals surface area contributed by atoms with Crippen LogP contribution in [0, 0.1) is 0 Å². The highest BCUT2D eigenvalue weighted by atomic mass is 127. The van der Waals surface area contributed by atoms with Gasteiger partial charge in [-0.15, -0.1) is 35.3 Å². The largest absolute Gasteiger partial charge is 0.375 e. The maximum Gasteiger partial charge on any atom is 0.190 e. The summed E-state index contributed by atoms with van der Waals surface area (Å²) in [5.74, 6) is 0.869. The van der Waals surface area contributed by atoms with Crippen molar-refractivity contribution >= 4 is 47.0 Å². The lowest BCUT2D eigenvalue weighted by Gasteiger charge is -2.19. The third-order valence-corrected chi connectivity index (χ3v) is 5.42. The van der Waals surface area contributed by atoms with Crippen molar-refractivity contribution in [3.8, 4) is 0 Å². The van der Waals surface area contributed by atoms with Gasteiger partial charge in [-0.25, -0.2) is 4.98 Å². The lowest BCUT2D eigenvalue weighted by atomic mass is 10.2. The summed E-state index contributed by atoms with van der Waals surface area (Å²) in [6.45, 7) is 5.01. The van der Waals surface area contributed by atoms with Crippen LogP contribution in [-0.2, 0) is 12.8 Å². The summed E-state index contributed by atoms with van der Waals surface area (Å²) >= 11 is 1.80. The SMILES string of the molecule is CCc1cnc(CCNC(=NC)NCCCCN(C)c2ccccc2)s1.I. The second kappa shape index (κ2) is 13.8. The van der Waals surface area contributed by atoms with Gasteiger partial charge in [0, 0.05) is 56.9 Å². The van der Waals surface area contributed by atoms with Crippen molar-refractivity contribution in [2.24, 2.45) is 4.99 Å². The number of unbranched alkanes of at least 4 members (excludes halogenated alkanes) is 1. The van der Waals surface area contributed by atoms with Gasteiger partial charge >= 0.3 is 0 Å². The Labute approximate surface area is 184 Å². The van der Waals surface area contributed by atoms with Gasteiger partial charge in [0.25, 0.3) is 0 Å². The highest BCUT2D eigenvalue weighted by Crippen LogP contribution is 2.13. The van der Waals surface area contributed by atoms with Crippen LogP contribution in [0.5, 0.6) is 0 Å². The number of hydrogen-bond acceptors (Lipinski definition) is 4. The van der Waals surface area contributed by atoms with Crippen molar-refractivity contribution in [1.29, 1.82) is 0 Å². The zero-order chi connectivity index (χ0) is 18.6. The molecule has 0 aliphatic heterocycles. The van der Waals surface area contributed by atoms with Crippen LogP contribution >= 0.6 is 35.3 Å². The number of aromatic nitrogens is 1. The van der Waals surface area contributed by atoms with E-state index in [4.69, 9.17) is 0 Å². The maximum atomic E-state index is 4.45. The summed E-state index contributed by atoms with van der Waals surface area (Å²) in [6, 6.07) is 10.5. The van der Waals surface area contributed by atoms with E-state index < -0.39 is 0 Å². The summed E-state index contributed by atoms with van der Waals surface area (Å²) in [4.78, 5) is 12.4. The van der Waals surface area contributed by atoms with Crippen molar-refractivity contribution < 1.29 is 0 Å². The molecule has 0 aliphatic rings. The van der Waals surface area contributed by atoms with Gasteiger partial charge in [0.15, 0.2) is 5.96 Å². The predicted octanol–water partition coefficient (Wildman–Crippen LogP) is 3.95. The Bertz CT molecular complexity index is 659. The van der Waals surface area contributed by atoms with E-state index in [-0.39, 0.29) is 24.0 Å². The molecule has 0 aliphatic carbocycles. The first-order chi connectivity index (χ1) is 12.7. The number of halogens is 1. The molecule has 1 aromatic heterocycles. The minimum Gasteiger partial charge on any atom is -0.375 e. The van der Waals surface area contributed by atoms with Crippen molar-refractivity contribution in [2.45, 2.75) is 32.6 Å². The first-order valence-corrected chi connectivity index (χ1v) is 10.2. The first-order valence-electron chi connectivity index (χ1n) is 9.37. The van der Waals surface area contributed by atoms with Gasteiger partial charge in [-0.3, -0.25) is 4.99 Å². The summed E-state index contributed by atoms with van der Waals surface area (Å²) in [5, 5.41) is 7.94. The lowest BCUT2D eigenvalue weighted by molar-refractivity contribution is 0.686. The van der Waals surface area contributed by atoms with Gasteiger partial charge in [0.05, 0.1) is 5.01 Å². The topological polar surface area (TPSA) is 52.6 Å². The average molecular weight is 501 g/mol. The molecule has 150 valence electrons. The predicted molar refractivity (Wildman–Crippen MR) is 129 cm³/mol. The molecule has 0 unspecified atom stereocenters. The third kappa shape index (κ3) is 8.92. The van der Waals surface area contributed by atoms with E-state index in [1.54, 1.807) is 11.3 Å². The molecule has 1 aromatic carbocycles. The molecule has 0 saturated heterocycles. The van der Waals surface area contributed by atoms with Crippen molar-refractivity contribution in [2.75, 3.05) is 38.6 Å². The maximum absolute atomic E-state index is 4.45. The summed E-state index contributed by atoms with van der Waals surface area (Å²) < 4.78 is 0. The minimum atomic E-state index is 0. The number of aryl methyl sites for hydroxylation is 1. The van der Waals surface area contributed by atoms with Gasteiger partial charge < -0.3 is 15.5 Å². The molecule has 0 amide bonds. The van der Waals surface area contributed by atoms with Gasteiger partial charge in [-0.1, -0.05) is 25.1 Å². The second-order valence-electron chi connectivity index (χ2n) is 6.21. The molecular formula is C20H32IN5S. The van der Waals surface area contributed by atoms with E-state index in [1.807, 2.05) is 13.2 Å². The zero-order valence-electron chi connectivity index (χ0n) is 16.6. The highest BCUT2D eigenvalue weighted by Gasteiger charge is 2.03. The fraction of sp³-hybridized carbons (Fsp3) is 0.500. The van der Waals surface area contributed by atoms with Crippen LogP contribution < -0.4 is 15.5 Å². The Morgan fingerprint density at radius 3 is 2.56 bits per heavy atom. The standard InChI is InChI=1S/C20H31N5S.HI/c1-4-18-16-24-19(26-18)12-14-23-20(21-2)22-13-8-9-15-25(3)17-10-6-5-7-11-17;/h5-7,10-11,16H,4,8-9,12-15H2,1-3H3,(H2,21,22,23);1H. The van der Waals surface area contributed by atoms with E-state index in [1.165, 1.54) is 15.6 Å². The summed E-state index contributed by atoms with van der Waals surface area (Å²) in [6.07, 6.45) is 6.25. The molecule has 5 nitrogen and oxygen atoms in total. The number of para-hydroxylation sites is 1. The molecule has 0 saturated carbocycles. The lowest BCUT2D eigenvalue weighted by Crippen LogP contribution is -2.38. The van der Waals surface area contributed by atoms with Gasteiger partial charge in [0.1, 0.15) is 0 Å². The summed E-state index contributed by atoms with van der Waals surface area (Å²) in [5.41, 5.74) is 1.27. The van der Waals surface area contributed by atoms with E-state index in [0.29, 0.717) is 0 Å². The number of nitrogens with zero attached hydrogens (tertiary/aromatic N) is 3. The Hall–Kier alpha value is -1.35. The quantitative estimate of drug-likeness (QED) is 0.224. The van der Waals surface area contributed by atoms with Crippen LogP contribution in [0.4, 0.5) is 5.69 Å². The Morgan fingerprint density at radius 1 is 1.15 bits per heavy atom. The van der Waals surface area contributed by atoms with Crippen LogP contribution in [-0.4, -0.2) is 44.7 Å². The zero-order valence-corrected chi connectivity index (χ0v) is 19.7. The molecule has 1 heterocycles. The molecule has 0 spiro atoms. The van der Waals surface area contributed by atoms with Crippen LogP contribution in [0.3, 0.4) is 0 Å². The van der Waals surface area contributed by atoms with E-state index in [0.717, 1.165) is 51.3 Å². The Kier molecular flexibility index (Phi) is 12.1. The highest BCUT2D eigenvalue weighted by molar-refractivity contribution is 14.0. The molecule has 2 rings (SSSR count). The molecule has 7 heteroatoms. The fourth-order valence-corrected chi connectivity index (χ4v) is 3.49. The molecule has 0 atom stereocenters. The molecule has 27 heavy (non-hydrogen) atoms. The monoisotopic (exact) mass is 501 g/mol. The average Bonchev–Trinajstić information content (AvgIpc) is 3.14. The molecule has 2 N–H and O–H groups in total. The first kappa shape index (κ1) is 23.7. The minimum absolute atomic E-state index is 0. The second-order valence-corrected chi connectivity index (χ2v) is 7.41. The van der Waals surface area contributed by atoms with E-state index in [2.05, 4.69) is 69.8 Å². The number of anilines is 1. The number of benzene rings is 1. The molecule has 0 fully saturated rings. The number of aliphatic imine (C=N–C) groups is 1. The van der Waals surface area contributed by atoms with Crippen LogP contribution in [0.2, 0.25) is 0 Å². The van der Waals surface area contributed by atoms with E-state index in [9.17, 15) is 0 Å². The van der Waals surface area contributed by atoms with Gasteiger partial charge in [0.2, 0.25) is 0 Å². The molecule has 0 radical (unpaired) electrons. The van der Waals surface area contributed by atoms with Crippen LogP contribution in [0.1, 0.15) is 29.7 Å². The van der Waals surface area contributed by atoms with Crippen molar-refractivity contribution in [3.05, 3.63) is 46.4 Å². The number of thiazole rings is 1. The van der Waals surface area contributed by atoms with Crippen molar-refractivity contribution in [1.82, 2.24) is 15.6 Å². The van der Waals surface area contributed by atoms with E-state index >= 15 is 0 Å². The number of hydrogen-bond donors (Lipinski definition) is 2. The number of guanidine groups is 1. The molecule has 0 bridgehead atoms. The van der Waals surface area contributed by atoms with Gasteiger partial charge in [-0.05, 0) is 31.4 Å². The Morgan fingerprint density at radius 2 is 1.89 bits per heavy atom. The fourth-order valence-electron chi connectivity index (χ4n) is 2.63. The molecular weight excluding hydrogens is 469 g/mol. The normalized spacial score (nSPS) is 11.0. The summed E-state index contributed by atoms with van der Waals surface area (Å²) in [7, 11) is 3.96. The number of rotatable bonds is 10. The van der Waals surface area contributed by atoms with Crippen molar-refractivity contribution in [3.63, 3.8) is 0 Å². The Balaban J connectivity index is 0.00000364. The number of nitrogens with one attached hydrogen (secondary N) is 2. The smallest absolute Gasteiger partial charge is 0.190 e. The van der Waals surface area contributed by atoms with Gasteiger partial charge in [-0.2, -0.15) is 0 Å².